The van der Waals surface area contributed by atoms with Crippen molar-refractivity contribution in [2.75, 3.05) is 19.7 Å². The Morgan fingerprint density at radius 3 is 2.52 bits per heavy atom. The number of carbonyl (C=O) groups excluding carboxylic acids is 1. The molecule has 0 radical (unpaired) electrons. The molecule has 2 atom stereocenters. The molecule has 2 unspecified atom stereocenters. The molecule has 2 aromatic carbocycles. The second kappa shape index (κ2) is 9.37. The van der Waals surface area contributed by atoms with Crippen molar-refractivity contribution in [3.63, 3.8) is 0 Å². The van der Waals surface area contributed by atoms with Gasteiger partial charge in [0.25, 0.3) is 16.0 Å². The van der Waals surface area contributed by atoms with Crippen molar-refractivity contribution in [3.8, 4) is 0 Å². The highest BCUT2D eigenvalue weighted by atomic mass is 32.2. The lowest BCUT2D eigenvalue weighted by Gasteiger charge is -2.37. The van der Waals surface area contributed by atoms with Crippen LogP contribution in [-0.2, 0) is 14.3 Å². The predicted octanol–water partition coefficient (Wildman–Crippen LogP) is 4.05. The minimum atomic E-state index is -3.75. The van der Waals surface area contributed by atoms with E-state index in [1.54, 1.807) is 24.3 Å². The zero-order valence-electron chi connectivity index (χ0n) is 16.7. The molecule has 6 heteroatoms. The summed E-state index contributed by atoms with van der Waals surface area (Å²) in [6.45, 7) is 7.18. The van der Waals surface area contributed by atoms with Crippen LogP contribution in [0.1, 0.15) is 28.8 Å². The van der Waals surface area contributed by atoms with Crippen LogP contribution in [0.4, 0.5) is 0 Å². The van der Waals surface area contributed by atoms with E-state index in [4.69, 9.17) is 4.18 Å². The van der Waals surface area contributed by atoms with Gasteiger partial charge in [-0.1, -0.05) is 42.0 Å². The number of hydrogen-bond acceptors (Lipinski definition) is 4. The van der Waals surface area contributed by atoms with E-state index in [9.17, 15) is 13.2 Å². The largest absolute Gasteiger partial charge is 0.338 e. The molecule has 0 N–H and O–H groups in total. The molecule has 0 saturated carbocycles. The van der Waals surface area contributed by atoms with Gasteiger partial charge in [-0.15, -0.1) is 6.58 Å². The van der Waals surface area contributed by atoms with Crippen LogP contribution in [0.2, 0.25) is 0 Å². The number of amides is 1. The highest BCUT2D eigenvalue weighted by Crippen LogP contribution is 2.29. The molecule has 1 aliphatic heterocycles. The Bertz CT molecular complexity index is 939. The first-order valence-electron chi connectivity index (χ1n) is 9.83. The summed E-state index contributed by atoms with van der Waals surface area (Å²) in [5, 5.41) is 0. The summed E-state index contributed by atoms with van der Waals surface area (Å²) in [5.41, 5.74) is 1.68. The third-order valence-corrected chi connectivity index (χ3v) is 6.78. The number of carbonyl (C=O) groups is 1. The highest BCUT2D eigenvalue weighted by Gasteiger charge is 2.30. The van der Waals surface area contributed by atoms with Gasteiger partial charge in [-0.2, -0.15) is 8.42 Å². The molecular weight excluding hydrogens is 386 g/mol. The Hall–Kier alpha value is -2.44. The standard InChI is InChI=1S/C23H27NO4S/c1-3-19-17-24(23(25)21-7-5-4-6-8-21)15-13-20(19)14-16-28-29(26,27)22-11-9-18(2)10-12-22/h3-12,19-20H,1,13-17H2,2H3. The molecule has 1 heterocycles. The summed E-state index contributed by atoms with van der Waals surface area (Å²) in [6, 6.07) is 15.9. The SMILES string of the molecule is C=CC1CN(C(=O)c2ccccc2)CCC1CCOS(=O)(=O)c1ccc(C)cc1. The second-order valence-corrected chi connectivity index (χ2v) is 9.06. The quantitative estimate of drug-likeness (QED) is 0.507. The number of nitrogens with zero attached hydrogens (tertiary/aromatic N) is 1. The number of aryl methyl sites for hydroxylation is 1. The predicted molar refractivity (Wildman–Crippen MR) is 113 cm³/mol. The van der Waals surface area contributed by atoms with E-state index >= 15 is 0 Å². The lowest BCUT2D eigenvalue weighted by Crippen LogP contribution is -2.43. The fraction of sp³-hybridized carbons (Fsp3) is 0.348. The van der Waals surface area contributed by atoms with Gasteiger partial charge < -0.3 is 4.90 Å². The van der Waals surface area contributed by atoms with Crippen LogP contribution in [-0.4, -0.2) is 38.9 Å². The smallest absolute Gasteiger partial charge is 0.296 e. The molecule has 1 amide bonds. The van der Waals surface area contributed by atoms with Crippen LogP contribution in [0.5, 0.6) is 0 Å². The molecule has 1 fully saturated rings. The monoisotopic (exact) mass is 413 g/mol. The van der Waals surface area contributed by atoms with E-state index in [0.717, 1.165) is 12.0 Å². The van der Waals surface area contributed by atoms with Gasteiger partial charge in [0.2, 0.25) is 0 Å². The Morgan fingerprint density at radius 1 is 1.17 bits per heavy atom. The topological polar surface area (TPSA) is 63.7 Å². The first-order chi connectivity index (χ1) is 13.9. The molecule has 0 aliphatic carbocycles. The van der Waals surface area contributed by atoms with Crippen molar-refractivity contribution in [2.45, 2.75) is 24.7 Å². The third kappa shape index (κ3) is 5.34. The van der Waals surface area contributed by atoms with E-state index < -0.39 is 10.1 Å². The Balaban J connectivity index is 1.55. The van der Waals surface area contributed by atoms with Crippen LogP contribution in [0, 0.1) is 18.8 Å². The van der Waals surface area contributed by atoms with Crippen molar-refractivity contribution in [1.82, 2.24) is 4.90 Å². The fourth-order valence-corrected chi connectivity index (χ4v) is 4.61. The number of rotatable bonds is 7. The van der Waals surface area contributed by atoms with Gasteiger partial charge in [0.1, 0.15) is 0 Å². The summed E-state index contributed by atoms with van der Waals surface area (Å²) in [7, 11) is -3.75. The number of piperidine rings is 1. The van der Waals surface area contributed by atoms with E-state index in [1.807, 2.05) is 48.2 Å². The van der Waals surface area contributed by atoms with Crippen molar-refractivity contribution in [2.24, 2.45) is 11.8 Å². The first kappa shape index (κ1) is 21.3. The fourth-order valence-electron chi connectivity index (χ4n) is 3.69. The maximum atomic E-state index is 12.7. The van der Waals surface area contributed by atoms with E-state index in [2.05, 4.69) is 6.58 Å². The maximum absolute atomic E-state index is 12.7. The zero-order valence-corrected chi connectivity index (χ0v) is 17.5. The number of likely N-dealkylation sites (tertiary alicyclic amines) is 1. The van der Waals surface area contributed by atoms with Gasteiger partial charge in [0.05, 0.1) is 11.5 Å². The van der Waals surface area contributed by atoms with E-state index in [0.29, 0.717) is 25.1 Å². The molecule has 3 rings (SSSR count). The minimum absolute atomic E-state index is 0.0223. The molecule has 29 heavy (non-hydrogen) atoms. The second-order valence-electron chi connectivity index (χ2n) is 7.44. The number of hydrogen-bond donors (Lipinski definition) is 0. The van der Waals surface area contributed by atoms with Gasteiger partial charge in [0, 0.05) is 18.7 Å². The average molecular weight is 414 g/mol. The van der Waals surface area contributed by atoms with E-state index in [1.165, 1.54) is 0 Å². The van der Waals surface area contributed by atoms with Gasteiger partial charge in [0.15, 0.2) is 0 Å². The lowest BCUT2D eigenvalue weighted by atomic mass is 9.83. The summed E-state index contributed by atoms with van der Waals surface area (Å²) in [4.78, 5) is 14.7. The molecule has 154 valence electrons. The van der Waals surface area contributed by atoms with Crippen LogP contribution >= 0.6 is 0 Å². The van der Waals surface area contributed by atoms with Gasteiger partial charge in [-0.3, -0.25) is 8.98 Å². The highest BCUT2D eigenvalue weighted by molar-refractivity contribution is 7.86. The summed E-state index contributed by atoms with van der Waals surface area (Å²) < 4.78 is 29.9. The lowest BCUT2D eigenvalue weighted by molar-refractivity contribution is 0.0621. The molecule has 1 aliphatic rings. The van der Waals surface area contributed by atoms with Gasteiger partial charge in [-0.05, 0) is 55.9 Å². The normalized spacial score (nSPS) is 19.7. The average Bonchev–Trinajstić information content (AvgIpc) is 2.74. The number of benzene rings is 2. The Labute approximate surface area is 173 Å². The van der Waals surface area contributed by atoms with Crippen LogP contribution in [0.3, 0.4) is 0 Å². The summed E-state index contributed by atoms with van der Waals surface area (Å²) in [6.07, 6.45) is 3.27. The van der Waals surface area contributed by atoms with Crippen LogP contribution in [0.15, 0.2) is 72.1 Å². The molecule has 2 aromatic rings. The molecule has 1 saturated heterocycles. The Morgan fingerprint density at radius 2 is 1.86 bits per heavy atom. The van der Waals surface area contributed by atoms with Gasteiger partial charge >= 0.3 is 0 Å². The van der Waals surface area contributed by atoms with Crippen molar-refractivity contribution in [3.05, 3.63) is 78.4 Å². The Kier molecular flexibility index (Phi) is 6.87. The summed E-state index contributed by atoms with van der Waals surface area (Å²) >= 11 is 0. The van der Waals surface area contributed by atoms with Crippen LogP contribution < -0.4 is 0 Å². The maximum Gasteiger partial charge on any atom is 0.296 e. The van der Waals surface area contributed by atoms with Gasteiger partial charge in [-0.25, -0.2) is 0 Å². The summed E-state index contributed by atoms with van der Waals surface area (Å²) in [5.74, 6) is 0.372. The first-order valence-corrected chi connectivity index (χ1v) is 11.2. The zero-order chi connectivity index (χ0) is 20.9. The molecule has 5 nitrogen and oxygen atoms in total. The molecular formula is C23H27NO4S. The third-order valence-electron chi connectivity index (χ3n) is 5.45. The van der Waals surface area contributed by atoms with Crippen LogP contribution in [0.25, 0.3) is 0 Å². The molecule has 0 aromatic heterocycles. The van der Waals surface area contributed by atoms with Crippen molar-refractivity contribution < 1.29 is 17.4 Å². The minimum Gasteiger partial charge on any atom is -0.338 e. The molecule has 0 spiro atoms. The van der Waals surface area contributed by atoms with E-state index in [-0.39, 0.29) is 29.2 Å². The molecule has 0 bridgehead atoms. The van der Waals surface area contributed by atoms with Crippen molar-refractivity contribution in [1.29, 1.82) is 0 Å². The van der Waals surface area contributed by atoms with Crippen molar-refractivity contribution >= 4 is 16.0 Å².